The van der Waals surface area contributed by atoms with Crippen molar-refractivity contribution >= 4 is 5.97 Å². The van der Waals surface area contributed by atoms with E-state index in [-0.39, 0.29) is 6.42 Å². The van der Waals surface area contributed by atoms with Crippen molar-refractivity contribution in [3.63, 3.8) is 0 Å². The smallest absolute Gasteiger partial charge is 0.303 e. The maximum absolute atomic E-state index is 10.2. The molecule has 0 aromatic carbocycles. The summed E-state index contributed by atoms with van der Waals surface area (Å²) in [6.45, 7) is 3.39. The molecule has 0 bridgehead atoms. The largest absolute Gasteiger partial charge is 0.481 e. The van der Waals surface area contributed by atoms with Gasteiger partial charge in [-0.15, -0.1) is 5.73 Å². The Labute approximate surface area is 122 Å². The first-order chi connectivity index (χ1) is 9.77. The number of carboxylic acids is 1. The third-order valence-electron chi connectivity index (χ3n) is 2.43. The molecular weight excluding hydrogens is 252 g/mol. The fourth-order valence-corrected chi connectivity index (χ4v) is 1.38. The minimum Gasteiger partial charge on any atom is -0.481 e. The van der Waals surface area contributed by atoms with Crippen molar-refractivity contribution in [2.75, 3.05) is 13.2 Å². The lowest BCUT2D eigenvalue weighted by molar-refractivity contribution is -0.136. The van der Waals surface area contributed by atoms with E-state index in [1.54, 1.807) is 12.2 Å². The molecule has 0 aliphatic rings. The molecule has 20 heavy (non-hydrogen) atoms. The van der Waals surface area contributed by atoms with Crippen molar-refractivity contribution < 1.29 is 14.6 Å². The van der Waals surface area contributed by atoms with Crippen LogP contribution in [0.4, 0.5) is 0 Å². The Morgan fingerprint density at radius 1 is 1.10 bits per heavy atom. The SMILES string of the molecule is CCC/C=C\C/C=C\CCOCC=C=CCCC(=O)O. The number of ether oxygens (including phenoxy) is 1. The van der Waals surface area contributed by atoms with Gasteiger partial charge in [-0.3, -0.25) is 4.79 Å². The first-order valence-corrected chi connectivity index (χ1v) is 7.26. The van der Waals surface area contributed by atoms with Crippen LogP contribution in [0.1, 0.15) is 45.4 Å². The van der Waals surface area contributed by atoms with Gasteiger partial charge < -0.3 is 9.84 Å². The molecule has 0 saturated carbocycles. The monoisotopic (exact) mass is 278 g/mol. The number of carboxylic acid groups (broad SMARTS) is 1. The van der Waals surface area contributed by atoms with Gasteiger partial charge in [-0.05, 0) is 37.8 Å². The molecule has 0 radical (unpaired) electrons. The fourth-order valence-electron chi connectivity index (χ4n) is 1.38. The van der Waals surface area contributed by atoms with Crippen molar-refractivity contribution in [1.29, 1.82) is 0 Å². The Hall–Kier alpha value is -1.57. The molecule has 0 aromatic rings. The summed E-state index contributed by atoms with van der Waals surface area (Å²) in [7, 11) is 0. The van der Waals surface area contributed by atoms with E-state index in [1.807, 2.05) is 0 Å². The summed E-state index contributed by atoms with van der Waals surface area (Å²) in [6, 6.07) is 0. The second-order valence-corrected chi connectivity index (χ2v) is 4.34. The summed E-state index contributed by atoms with van der Waals surface area (Å²) in [5.41, 5.74) is 2.91. The highest BCUT2D eigenvalue weighted by molar-refractivity contribution is 5.66. The number of hydrogen-bond donors (Lipinski definition) is 1. The fraction of sp³-hybridized carbons (Fsp3) is 0.529. The predicted molar refractivity (Wildman–Crippen MR) is 82.8 cm³/mol. The number of unbranched alkanes of at least 4 members (excludes halogenated alkanes) is 1. The molecule has 0 aliphatic carbocycles. The van der Waals surface area contributed by atoms with Crippen molar-refractivity contribution in [3.05, 3.63) is 42.2 Å². The highest BCUT2D eigenvalue weighted by Gasteiger charge is 1.90. The first kappa shape index (κ1) is 18.4. The van der Waals surface area contributed by atoms with Gasteiger partial charge >= 0.3 is 5.97 Å². The van der Waals surface area contributed by atoms with Gasteiger partial charge in [-0.2, -0.15) is 0 Å². The molecule has 0 spiro atoms. The second kappa shape index (κ2) is 15.5. The molecule has 3 heteroatoms. The maximum Gasteiger partial charge on any atom is 0.303 e. The molecule has 0 aromatic heterocycles. The molecule has 112 valence electrons. The lowest BCUT2D eigenvalue weighted by Crippen LogP contribution is -1.92. The highest BCUT2D eigenvalue weighted by atomic mass is 16.5. The third kappa shape index (κ3) is 16.4. The zero-order valence-electron chi connectivity index (χ0n) is 12.4. The van der Waals surface area contributed by atoms with Crippen molar-refractivity contribution in [1.82, 2.24) is 0 Å². The van der Waals surface area contributed by atoms with Crippen LogP contribution in [-0.4, -0.2) is 24.3 Å². The minimum absolute atomic E-state index is 0.152. The van der Waals surface area contributed by atoms with Gasteiger partial charge in [-0.1, -0.05) is 37.6 Å². The first-order valence-electron chi connectivity index (χ1n) is 7.26. The van der Waals surface area contributed by atoms with Crippen LogP contribution in [0.2, 0.25) is 0 Å². The maximum atomic E-state index is 10.2. The summed E-state index contributed by atoms with van der Waals surface area (Å²) < 4.78 is 5.38. The molecule has 0 unspecified atom stereocenters. The Balaban J connectivity index is 3.37. The molecule has 0 atom stereocenters. The van der Waals surface area contributed by atoms with E-state index in [0.717, 1.165) is 19.3 Å². The molecule has 0 saturated heterocycles. The number of allylic oxidation sites excluding steroid dienone is 3. The molecule has 0 heterocycles. The van der Waals surface area contributed by atoms with E-state index in [9.17, 15) is 4.79 Å². The molecule has 0 rings (SSSR count). The van der Waals surface area contributed by atoms with Crippen LogP contribution in [0.25, 0.3) is 0 Å². The average molecular weight is 278 g/mol. The molecular formula is C17H26O3. The predicted octanol–water partition coefficient (Wildman–Crippen LogP) is 4.27. The standard InChI is InChI=1S/C17H26O3/c1-2-3-4-5-6-7-9-12-15-20-16-13-10-8-11-14-17(18)19/h4-5,7-9,13H,2-3,6,11-12,14-16H2,1H3,(H,18,19)/b5-4-,9-7-. The average Bonchev–Trinajstić information content (AvgIpc) is 2.43. The Bertz CT molecular complexity index is 347. The summed E-state index contributed by atoms with van der Waals surface area (Å²) >= 11 is 0. The highest BCUT2D eigenvalue weighted by Crippen LogP contribution is 1.94. The molecule has 0 fully saturated rings. The number of rotatable bonds is 12. The molecule has 0 amide bonds. The topological polar surface area (TPSA) is 46.5 Å². The summed E-state index contributed by atoms with van der Waals surface area (Å²) in [4.78, 5) is 10.2. The van der Waals surface area contributed by atoms with Crippen molar-refractivity contribution in [2.24, 2.45) is 0 Å². The molecule has 3 nitrogen and oxygen atoms in total. The van der Waals surface area contributed by atoms with E-state index in [0.29, 0.717) is 19.6 Å². The van der Waals surface area contributed by atoms with Crippen LogP contribution in [0.15, 0.2) is 42.2 Å². The van der Waals surface area contributed by atoms with Crippen LogP contribution < -0.4 is 0 Å². The Morgan fingerprint density at radius 3 is 2.55 bits per heavy atom. The normalized spacial score (nSPS) is 10.8. The number of hydrogen-bond acceptors (Lipinski definition) is 2. The number of aliphatic carboxylic acids is 1. The van der Waals surface area contributed by atoms with Crippen LogP contribution in [-0.2, 0) is 9.53 Å². The lowest BCUT2D eigenvalue weighted by atomic mass is 10.2. The van der Waals surface area contributed by atoms with Gasteiger partial charge in [0.05, 0.1) is 13.2 Å². The summed E-state index contributed by atoms with van der Waals surface area (Å²) in [6.07, 6.45) is 17.1. The van der Waals surface area contributed by atoms with Crippen molar-refractivity contribution in [2.45, 2.75) is 45.4 Å². The molecule has 1 N–H and O–H groups in total. The van der Waals surface area contributed by atoms with Crippen LogP contribution in [0, 0.1) is 0 Å². The molecule has 0 aliphatic heterocycles. The van der Waals surface area contributed by atoms with Crippen LogP contribution in [0.5, 0.6) is 0 Å². The summed E-state index contributed by atoms with van der Waals surface area (Å²) in [5.74, 6) is -0.782. The van der Waals surface area contributed by atoms with Crippen molar-refractivity contribution in [3.8, 4) is 0 Å². The van der Waals surface area contributed by atoms with Crippen LogP contribution in [0.3, 0.4) is 0 Å². The van der Waals surface area contributed by atoms with Gasteiger partial charge in [0.2, 0.25) is 0 Å². The van der Waals surface area contributed by atoms with E-state index in [2.05, 4.69) is 37.0 Å². The minimum atomic E-state index is -0.782. The van der Waals surface area contributed by atoms with Crippen LogP contribution >= 0.6 is 0 Å². The van der Waals surface area contributed by atoms with Gasteiger partial charge in [0, 0.05) is 6.42 Å². The Kier molecular flexibility index (Phi) is 14.3. The lowest BCUT2D eigenvalue weighted by Gasteiger charge is -1.95. The van der Waals surface area contributed by atoms with E-state index in [1.165, 1.54) is 6.42 Å². The zero-order chi connectivity index (χ0) is 14.9. The summed E-state index contributed by atoms with van der Waals surface area (Å²) in [5, 5.41) is 8.42. The quantitative estimate of drug-likeness (QED) is 0.329. The van der Waals surface area contributed by atoms with Gasteiger partial charge in [0.15, 0.2) is 0 Å². The van der Waals surface area contributed by atoms with Gasteiger partial charge in [0.25, 0.3) is 0 Å². The van der Waals surface area contributed by atoms with Gasteiger partial charge in [0.1, 0.15) is 0 Å². The van der Waals surface area contributed by atoms with E-state index >= 15 is 0 Å². The van der Waals surface area contributed by atoms with E-state index in [4.69, 9.17) is 9.84 Å². The number of carbonyl (C=O) groups is 1. The van der Waals surface area contributed by atoms with Gasteiger partial charge in [-0.25, -0.2) is 0 Å². The third-order valence-corrected chi connectivity index (χ3v) is 2.43. The van der Waals surface area contributed by atoms with E-state index < -0.39 is 5.97 Å². The Morgan fingerprint density at radius 2 is 1.85 bits per heavy atom. The zero-order valence-corrected chi connectivity index (χ0v) is 12.4. The second-order valence-electron chi connectivity index (χ2n) is 4.34.